The predicted octanol–water partition coefficient (Wildman–Crippen LogP) is 2.76. The summed E-state index contributed by atoms with van der Waals surface area (Å²) in [5.74, 6) is -0.936. The lowest BCUT2D eigenvalue weighted by atomic mass is 10.1. The molecule has 0 radical (unpaired) electrons. The Morgan fingerprint density at radius 1 is 1.32 bits per heavy atom. The molecule has 0 spiro atoms. The van der Waals surface area contributed by atoms with Gasteiger partial charge < -0.3 is 9.64 Å². The Morgan fingerprint density at radius 3 is 2.53 bits per heavy atom. The number of amides is 1. The van der Waals surface area contributed by atoms with Gasteiger partial charge in [0.2, 0.25) is 5.91 Å². The Morgan fingerprint density at radius 2 is 2.00 bits per heavy atom. The highest BCUT2D eigenvalue weighted by Crippen LogP contribution is 2.27. The minimum absolute atomic E-state index is 0.276. The highest BCUT2D eigenvalue weighted by Gasteiger charge is 2.37. The van der Waals surface area contributed by atoms with Crippen LogP contribution in [-0.4, -0.2) is 31.3 Å². The van der Waals surface area contributed by atoms with Crippen LogP contribution < -0.4 is 4.90 Å². The van der Waals surface area contributed by atoms with E-state index in [4.69, 9.17) is 4.74 Å². The van der Waals surface area contributed by atoms with Gasteiger partial charge in [0.05, 0.1) is 12.6 Å². The fraction of sp³-hybridized carbons (Fsp3) is 0.462. The van der Waals surface area contributed by atoms with E-state index in [-0.39, 0.29) is 12.6 Å². The fourth-order valence-electron chi connectivity index (χ4n) is 2.13. The topological polar surface area (TPSA) is 29.5 Å². The van der Waals surface area contributed by atoms with Gasteiger partial charge in [0.1, 0.15) is 6.42 Å². The first-order valence-corrected chi connectivity index (χ1v) is 5.99. The van der Waals surface area contributed by atoms with Crippen LogP contribution in [0.4, 0.5) is 18.9 Å². The lowest BCUT2D eigenvalue weighted by Crippen LogP contribution is -2.42. The van der Waals surface area contributed by atoms with Crippen molar-refractivity contribution in [2.45, 2.75) is 25.1 Å². The summed E-state index contributed by atoms with van der Waals surface area (Å²) in [7, 11) is 0. The molecule has 0 unspecified atom stereocenters. The molecule has 19 heavy (non-hydrogen) atoms. The monoisotopic (exact) mass is 273 g/mol. The summed E-state index contributed by atoms with van der Waals surface area (Å²) >= 11 is 0. The summed E-state index contributed by atoms with van der Waals surface area (Å²) in [5, 5.41) is 0. The molecule has 1 fully saturated rings. The fourth-order valence-corrected chi connectivity index (χ4v) is 2.13. The third-order valence-electron chi connectivity index (χ3n) is 2.93. The molecule has 2 rings (SSSR count). The van der Waals surface area contributed by atoms with Gasteiger partial charge in [-0.25, -0.2) is 0 Å². The van der Waals surface area contributed by atoms with E-state index in [0.717, 1.165) is 0 Å². The van der Waals surface area contributed by atoms with E-state index in [1.807, 2.05) is 0 Å². The quantitative estimate of drug-likeness (QED) is 0.847. The van der Waals surface area contributed by atoms with Crippen molar-refractivity contribution in [1.82, 2.24) is 0 Å². The van der Waals surface area contributed by atoms with Gasteiger partial charge in [-0.3, -0.25) is 4.79 Å². The molecule has 1 aliphatic heterocycles. The molecule has 104 valence electrons. The zero-order chi connectivity index (χ0) is 13.9. The van der Waals surface area contributed by atoms with Gasteiger partial charge >= 0.3 is 6.18 Å². The molecule has 1 aliphatic rings. The van der Waals surface area contributed by atoms with Crippen LogP contribution in [0.25, 0.3) is 0 Å². The molecule has 0 N–H and O–H groups in total. The van der Waals surface area contributed by atoms with Crippen LogP contribution in [0.3, 0.4) is 0 Å². The first-order valence-electron chi connectivity index (χ1n) is 5.99. The molecule has 0 aromatic heterocycles. The second-order valence-corrected chi connectivity index (χ2v) is 4.41. The normalized spacial score (nSPS) is 19.4. The molecule has 0 aliphatic carbocycles. The van der Waals surface area contributed by atoms with E-state index in [0.29, 0.717) is 18.7 Å². The van der Waals surface area contributed by atoms with Gasteiger partial charge in [0.15, 0.2) is 0 Å². The summed E-state index contributed by atoms with van der Waals surface area (Å²) < 4.78 is 42.3. The maximum atomic E-state index is 12.4. The van der Waals surface area contributed by atoms with Gasteiger partial charge in [-0.05, 0) is 18.6 Å². The smallest absolute Gasteiger partial charge is 0.379 e. The zero-order valence-corrected chi connectivity index (χ0v) is 10.2. The maximum Gasteiger partial charge on any atom is 0.397 e. The second kappa shape index (κ2) is 5.61. The van der Waals surface area contributed by atoms with E-state index in [2.05, 4.69) is 0 Å². The first kappa shape index (κ1) is 13.9. The number of rotatable bonds is 3. The van der Waals surface area contributed by atoms with E-state index in [1.54, 1.807) is 30.3 Å². The molecule has 3 nitrogen and oxygen atoms in total. The van der Waals surface area contributed by atoms with Crippen molar-refractivity contribution in [1.29, 1.82) is 0 Å². The number of ether oxygens (including phenoxy) is 1. The van der Waals surface area contributed by atoms with Crippen LogP contribution in [0.1, 0.15) is 12.8 Å². The molecule has 0 bridgehead atoms. The summed E-state index contributed by atoms with van der Waals surface area (Å²) in [6, 6.07) is 8.08. The molecule has 1 atom stereocenters. The number of alkyl halides is 3. The number of hydrogen-bond acceptors (Lipinski definition) is 2. The summed E-state index contributed by atoms with van der Waals surface area (Å²) in [6.07, 6.45) is -5.39. The van der Waals surface area contributed by atoms with Gasteiger partial charge in [0, 0.05) is 12.3 Å². The molecule has 1 saturated heterocycles. The summed E-state index contributed by atoms with van der Waals surface area (Å²) in [5.41, 5.74) is 0.479. The van der Waals surface area contributed by atoms with Gasteiger partial charge in [0.25, 0.3) is 0 Å². The minimum atomic E-state index is -4.50. The van der Waals surface area contributed by atoms with Crippen LogP contribution in [0.15, 0.2) is 30.3 Å². The van der Waals surface area contributed by atoms with E-state index in [1.165, 1.54) is 4.90 Å². The van der Waals surface area contributed by atoms with Crippen LogP contribution in [0.2, 0.25) is 0 Å². The van der Waals surface area contributed by atoms with Gasteiger partial charge in [-0.1, -0.05) is 18.2 Å². The number of anilines is 1. The van der Waals surface area contributed by atoms with E-state index in [9.17, 15) is 18.0 Å². The van der Waals surface area contributed by atoms with Crippen LogP contribution in [-0.2, 0) is 9.53 Å². The number of carbonyl (C=O) groups excluding carboxylic acids is 1. The summed E-state index contributed by atoms with van der Waals surface area (Å²) in [4.78, 5) is 13.1. The molecule has 1 amide bonds. The van der Waals surface area contributed by atoms with Crippen molar-refractivity contribution < 1.29 is 22.7 Å². The largest absolute Gasteiger partial charge is 0.397 e. The van der Waals surface area contributed by atoms with Crippen LogP contribution in [0, 0.1) is 0 Å². The van der Waals surface area contributed by atoms with Crippen molar-refractivity contribution in [3.63, 3.8) is 0 Å². The highest BCUT2D eigenvalue weighted by molar-refractivity contribution is 5.94. The van der Waals surface area contributed by atoms with Crippen LogP contribution in [0.5, 0.6) is 0 Å². The Labute approximate surface area is 109 Å². The average molecular weight is 273 g/mol. The number of para-hydroxylation sites is 1. The molecule has 1 aromatic carbocycles. The van der Waals surface area contributed by atoms with Gasteiger partial charge in [-0.15, -0.1) is 0 Å². The third-order valence-corrected chi connectivity index (χ3v) is 2.93. The molecular weight excluding hydrogens is 259 g/mol. The SMILES string of the molecule is O=C(CC(F)(F)F)N(c1ccccc1)[C@@H]1CCOC1. The average Bonchev–Trinajstić information content (AvgIpc) is 2.82. The number of hydrogen-bond donors (Lipinski definition) is 0. The Hall–Kier alpha value is -1.56. The number of nitrogens with zero attached hydrogens (tertiary/aromatic N) is 1. The minimum Gasteiger partial charge on any atom is -0.379 e. The van der Waals surface area contributed by atoms with Gasteiger partial charge in [-0.2, -0.15) is 13.2 Å². The second-order valence-electron chi connectivity index (χ2n) is 4.41. The number of halogens is 3. The highest BCUT2D eigenvalue weighted by atomic mass is 19.4. The molecule has 1 heterocycles. The summed E-state index contributed by atoms with van der Waals surface area (Å²) in [6.45, 7) is 0.742. The lowest BCUT2D eigenvalue weighted by Gasteiger charge is -2.28. The standard InChI is InChI=1S/C13H14F3NO2/c14-13(15,16)8-12(18)17(11-6-7-19-9-11)10-4-2-1-3-5-10/h1-5,11H,6-9H2/t11-/m1/s1. The molecule has 1 aromatic rings. The number of benzene rings is 1. The van der Waals surface area contributed by atoms with Crippen molar-refractivity contribution >= 4 is 11.6 Å². The van der Waals surface area contributed by atoms with Crippen molar-refractivity contribution in [3.05, 3.63) is 30.3 Å². The van der Waals surface area contributed by atoms with E-state index >= 15 is 0 Å². The molecular formula is C13H14F3NO2. The van der Waals surface area contributed by atoms with E-state index < -0.39 is 18.5 Å². The van der Waals surface area contributed by atoms with Crippen molar-refractivity contribution in [2.75, 3.05) is 18.1 Å². The Kier molecular flexibility index (Phi) is 4.09. The third kappa shape index (κ3) is 3.70. The Balaban J connectivity index is 2.22. The van der Waals surface area contributed by atoms with Crippen molar-refractivity contribution in [2.24, 2.45) is 0 Å². The lowest BCUT2D eigenvalue weighted by molar-refractivity contribution is -0.152. The Bertz CT molecular complexity index is 427. The molecule has 0 saturated carbocycles. The van der Waals surface area contributed by atoms with Crippen LogP contribution >= 0.6 is 0 Å². The molecule has 6 heteroatoms. The zero-order valence-electron chi connectivity index (χ0n) is 10.2. The predicted molar refractivity (Wildman–Crippen MR) is 63.8 cm³/mol. The first-order chi connectivity index (χ1) is 8.97. The number of carbonyl (C=O) groups is 1. The van der Waals surface area contributed by atoms with Crippen molar-refractivity contribution in [3.8, 4) is 0 Å². The maximum absolute atomic E-state index is 12.4.